The first kappa shape index (κ1) is 25.7. The second-order valence-corrected chi connectivity index (χ2v) is 7.99. The van der Waals surface area contributed by atoms with Gasteiger partial charge in [0.2, 0.25) is 11.8 Å². The van der Waals surface area contributed by atoms with E-state index < -0.39 is 5.54 Å². The molecule has 0 atom stereocenters. The van der Waals surface area contributed by atoms with E-state index in [1.165, 1.54) is 32.1 Å². The fourth-order valence-corrected chi connectivity index (χ4v) is 4.00. The van der Waals surface area contributed by atoms with Crippen molar-refractivity contribution in [3.05, 3.63) is 24.3 Å². The summed E-state index contributed by atoms with van der Waals surface area (Å²) in [6, 6.07) is 7.25. The van der Waals surface area contributed by atoms with Crippen molar-refractivity contribution in [3.63, 3.8) is 0 Å². The van der Waals surface area contributed by atoms with Gasteiger partial charge in [0.05, 0.1) is 12.1 Å². The Morgan fingerprint density at radius 3 is 1.86 bits per heavy atom. The van der Waals surface area contributed by atoms with E-state index in [0.29, 0.717) is 12.2 Å². The Bertz CT molecular complexity index is 641. The molecule has 2 fully saturated rings. The van der Waals surface area contributed by atoms with Crippen molar-refractivity contribution in [1.29, 1.82) is 0 Å². The summed E-state index contributed by atoms with van der Waals surface area (Å²) in [5.41, 5.74) is 6.90. The van der Waals surface area contributed by atoms with Crippen LogP contribution >= 0.6 is 24.8 Å². The van der Waals surface area contributed by atoms with E-state index in [-0.39, 0.29) is 36.6 Å². The van der Waals surface area contributed by atoms with Gasteiger partial charge in [0.15, 0.2) is 0 Å². The van der Waals surface area contributed by atoms with E-state index >= 15 is 0 Å². The van der Waals surface area contributed by atoms with E-state index in [9.17, 15) is 9.59 Å². The molecule has 164 valence electrons. The number of nitrogens with two attached hydrogens (primary N) is 1. The Labute approximate surface area is 186 Å². The number of amides is 2. The minimum absolute atomic E-state index is 0. The summed E-state index contributed by atoms with van der Waals surface area (Å²) in [6.45, 7) is 2.44. The maximum Gasteiger partial charge on any atom is 0.244 e. The average molecular weight is 445 g/mol. The van der Waals surface area contributed by atoms with Crippen LogP contribution in [0.5, 0.6) is 0 Å². The molecule has 6 nitrogen and oxygen atoms in total. The van der Waals surface area contributed by atoms with Gasteiger partial charge in [0.1, 0.15) is 0 Å². The third-order valence-electron chi connectivity index (χ3n) is 5.69. The predicted molar refractivity (Wildman–Crippen MR) is 123 cm³/mol. The number of carbonyl (C=O) groups excluding carboxylic acids is 2. The van der Waals surface area contributed by atoms with Crippen molar-refractivity contribution in [1.82, 2.24) is 4.90 Å². The highest BCUT2D eigenvalue weighted by molar-refractivity contribution is 5.98. The lowest BCUT2D eigenvalue weighted by molar-refractivity contribution is -0.121. The molecular weight excluding hydrogens is 411 g/mol. The van der Waals surface area contributed by atoms with E-state index in [1.54, 1.807) is 0 Å². The zero-order valence-corrected chi connectivity index (χ0v) is 18.6. The van der Waals surface area contributed by atoms with Crippen LogP contribution in [-0.4, -0.2) is 41.9 Å². The largest absolute Gasteiger partial charge is 0.325 e. The lowest BCUT2D eigenvalue weighted by atomic mass is 9.98. The Morgan fingerprint density at radius 1 is 0.828 bits per heavy atom. The van der Waals surface area contributed by atoms with E-state index in [2.05, 4.69) is 15.5 Å². The summed E-state index contributed by atoms with van der Waals surface area (Å²) < 4.78 is 0. The second-order valence-electron chi connectivity index (χ2n) is 7.99. The highest BCUT2D eigenvalue weighted by Crippen LogP contribution is 2.28. The number of halogens is 2. The molecule has 1 aliphatic heterocycles. The van der Waals surface area contributed by atoms with Gasteiger partial charge in [0.25, 0.3) is 0 Å². The molecule has 1 saturated carbocycles. The molecule has 1 heterocycles. The maximum atomic E-state index is 12.4. The molecule has 0 radical (unpaired) electrons. The lowest BCUT2D eigenvalue weighted by Crippen LogP contribution is -2.48. The van der Waals surface area contributed by atoms with Crippen LogP contribution in [0.2, 0.25) is 0 Å². The molecule has 1 aromatic rings. The third kappa shape index (κ3) is 7.78. The van der Waals surface area contributed by atoms with Crippen LogP contribution < -0.4 is 16.4 Å². The fraction of sp³-hybridized carbons (Fsp3) is 0.619. The minimum atomic E-state index is -0.737. The molecule has 29 heavy (non-hydrogen) atoms. The predicted octanol–water partition coefficient (Wildman–Crippen LogP) is 3.94. The van der Waals surface area contributed by atoms with Gasteiger partial charge in [-0.25, -0.2) is 0 Å². The molecule has 8 heteroatoms. The van der Waals surface area contributed by atoms with Crippen molar-refractivity contribution in [2.75, 3.05) is 30.3 Å². The number of rotatable bonds is 5. The molecule has 3 rings (SSSR count). The molecule has 0 bridgehead atoms. The van der Waals surface area contributed by atoms with Crippen LogP contribution in [0.3, 0.4) is 0 Å². The van der Waals surface area contributed by atoms with Crippen LogP contribution in [0.1, 0.15) is 57.8 Å². The van der Waals surface area contributed by atoms with Gasteiger partial charge in [-0.1, -0.05) is 32.1 Å². The first-order valence-electron chi connectivity index (χ1n) is 10.3. The van der Waals surface area contributed by atoms with Gasteiger partial charge in [0, 0.05) is 11.4 Å². The van der Waals surface area contributed by atoms with Crippen LogP contribution in [0.25, 0.3) is 0 Å². The molecule has 1 saturated heterocycles. The van der Waals surface area contributed by atoms with Gasteiger partial charge < -0.3 is 16.4 Å². The zero-order valence-electron chi connectivity index (χ0n) is 17.0. The summed E-state index contributed by atoms with van der Waals surface area (Å²) in [4.78, 5) is 26.9. The molecule has 2 amide bonds. The number of likely N-dealkylation sites (tertiary alicyclic amines) is 1. The van der Waals surface area contributed by atoms with Crippen LogP contribution in [0.15, 0.2) is 24.3 Å². The second kappa shape index (κ2) is 12.4. The molecule has 0 spiro atoms. The number of nitrogens with one attached hydrogen (secondary N) is 2. The Kier molecular flexibility index (Phi) is 11.0. The maximum absolute atomic E-state index is 12.4. The van der Waals surface area contributed by atoms with Gasteiger partial charge in [-0.2, -0.15) is 0 Å². The Morgan fingerprint density at radius 2 is 1.31 bits per heavy atom. The minimum Gasteiger partial charge on any atom is -0.325 e. The molecule has 2 aliphatic rings. The highest BCUT2D eigenvalue weighted by atomic mass is 35.5. The summed E-state index contributed by atoms with van der Waals surface area (Å²) in [5, 5.41) is 5.85. The molecule has 1 aliphatic carbocycles. The molecule has 0 aromatic heterocycles. The van der Waals surface area contributed by atoms with Crippen LogP contribution in [0.4, 0.5) is 11.4 Å². The highest BCUT2D eigenvalue weighted by Gasteiger charge is 2.36. The number of carbonyl (C=O) groups is 2. The first-order valence-corrected chi connectivity index (χ1v) is 10.3. The summed E-state index contributed by atoms with van der Waals surface area (Å²) in [6.07, 6.45) is 9.67. The third-order valence-corrected chi connectivity index (χ3v) is 5.69. The van der Waals surface area contributed by atoms with Gasteiger partial charge in [-0.15, -0.1) is 24.8 Å². The first-order chi connectivity index (χ1) is 13.0. The van der Waals surface area contributed by atoms with Crippen molar-refractivity contribution in [3.8, 4) is 0 Å². The van der Waals surface area contributed by atoms with E-state index in [4.69, 9.17) is 5.73 Å². The van der Waals surface area contributed by atoms with Crippen molar-refractivity contribution < 1.29 is 9.59 Å². The quantitative estimate of drug-likeness (QED) is 0.641. The number of nitrogens with zero attached hydrogens (tertiary/aromatic N) is 1. The zero-order chi connectivity index (χ0) is 19.1. The van der Waals surface area contributed by atoms with Crippen molar-refractivity contribution in [2.24, 2.45) is 5.73 Å². The van der Waals surface area contributed by atoms with Gasteiger partial charge >= 0.3 is 0 Å². The SMILES string of the molecule is Cl.Cl.NC1(C(=O)Nc2ccc(NC(=O)CN3CCCCCCC3)cc2)CCCC1. The van der Waals surface area contributed by atoms with Crippen molar-refractivity contribution in [2.45, 2.75) is 63.3 Å². The standard InChI is InChI=1S/C21H32N4O2.2ClH/c22-21(12-4-5-13-21)20(27)24-18-10-8-17(9-11-18)23-19(26)16-25-14-6-2-1-3-7-15-25;;/h8-11H,1-7,12-16,22H2,(H,23,26)(H,24,27);2*1H. The Hall–Kier alpha value is -1.34. The monoisotopic (exact) mass is 444 g/mol. The lowest BCUT2D eigenvalue weighted by Gasteiger charge is -2.24. The number of anilines is 2. The molecule has 1 aromatic carbocycles. The number of benzene rings is 1. The smallest absolute Gasteiger partial charge is 0.244 e. The summed E-state index contributed by atoms with van der Waals surface area (Å²) in [7, 11) is 0. The normalized spacial score (nSPS) is 19.1. The van der Waals surface area contributed by atoms with E-state index in [0.717, 1.165) is 44.5 Å². The number of hydrogen-bond donors (Lipinski definition) is 3. The molecular formula is C21H34Cl2N4O2. The average Bonchev–Trinajstić information content (AvgIpc) is 3.07. The van der Waals surface area contributed by atoms with E-state index in [1.807, 2.05) is 24.3 Å². The van der Waals surface area contributed by atoms with Gasteiger partial charge in [-0.05, 0) is 63.0 Å². The van der Waals surface area contributed by atoms with Crippen molar-refractivity contribution >= 4 is 48.0 Å². The topological polar surface area (TPSA) is 87.5 Å². The van der Waals surface area contributed by atoms with Gasteiger partial charge in [-0.3, -0.25) is 14.5 Å². The number of hydrogen-bond acceptors (Lipinski definition) is 4. The Balaban J connectivity index is 0.00000210. The molecule has 0 unspecified atom stereocenters. The van der Waals surface area contributed by atoms with Crippen LogP contribution in [-0.2, 0) is 9.59 Å². The summed E-state index contributed by atoms with van der Waals surface area (Å²) >= 11 is 0. The molecule has 4 N–H and O–H groups in total. The summed E-state index contributed by atoms with van der Waals surface area (Å²) in [5.74, 6) is -0.104. The van der Waals surface area contributed by atoms with Crippen LogP contribution in [0, 0.1) is 0 Å². The fourth-order valence-electron chi connectivity index (χ4n) is 4.00.